The molecule has 10 heteroatoms. The molecule has 1 amide bonds. The Morgan fingerprint density at radius 3 is 2.67 bits per heavy atom. The Labute approximate surface area is 159 Å². The van der Waals surface area contributed by atoms with Crippen molar-refractivity contribution in [1.82, 2.24) is 20.1 Å². The van der Waals surface area contributed by atoms with Gasteiger partial charge in [-0.25, -0.2) is 14.4 Å². The Bertz CT molecular complexity index is 928. The Hall–Kier alpha value is -3.01. The van der Waals surface area contributed by atoms with Gasteiger partial charge in [0.25, 0.3) is 5.95 Å². The molecule has 0 saturated heterocycles. The van der Waals surface area contributed by atoms with E-state index in [0.717, 1.165) is 11.4 Å². The summed E-state index contributed by atoms with van der Waals surface area (Å²) in [7, 11) is 0. The minimum absolute atomic E-state index is 0.168. The van der Waals surface area contributed by atoms with Crippen LogP contribution in [0, 0.1) is 19.7 Å². The van der Waals surface area contributed by atoms with Crippen LogP contribution in [0.3, 0.4) is 0 Å². The number of anilines is 3. The molecule has 0 aliphatic carbocycles. The van der Waals surface area contributed by atoms with E-state index < -0.39 is 5.82 Å². The van der Waals surface area contributed by atoms with Crippen molar-refractivity contribution in [2.75, 3.05) is 16.4 Å². The summed E-state index contributed by atoms with van der Waals surface area (Å²) in [4.78, 5) is 24.5. The number of amides is 1. The number of hydrogen-bond acceptors (Lipinski definition) is 8. The van der Waals surface area contributed by atoms with Gasteiger partial charge in [0.1, 0.15) is 5.82 Å². The van der Waals surface area contributed by atoms with Crippen LogP contribution in [0.25, 0.3) is 0 Å². The number of nitrogens with one attached hydrogen (secondary N) is 2. The predicted molar refractivity (Wildman–Crippen MR) is 100 cm³/mol. The highest BCUT2D eigenvalue weighted by atomic mass is 32.2. The number of rotatable bonds is 7. The van der Waals surface area contributed by atoms with Crippen molar-refractivity contribution >= 4 is 35.3 Å². The molecule has 0 radical (unpaired) electrons. The molecule has 0 unspecified atom stereocenters. The standard InChI is InChI=1S/C17H17FN6O2S/c1-10-6-11(2)20-16(19-10)23-17-22-15(26-24-17)9-27-8-14(25)21-13-5-3-4-12(18)7-13/h3-7H,8-9H2,1-2H3,(H,21,25)(H,19,20,23,24). The highest BCUT2D eigenvalue weighted by molar-refractivity contribution is 7.99. The Morgan fingerprint density at radius 2 is 1.93 bits per heavy atom. The lowest BCUT2D eigenvalue weighted by atomic mass is 10.3. The molecule has 0 fully saturated rings. The zero-order valence-electron chi connectivity index (χ0n) is 14.7. The number of hydrogen-bond donors (Lipinski definition) is 2. The average molecular weight is 388 g/mol. The van der Waals surface area contributed by atoms with Gasteiger partial charge in [0.05, 0.1) is 11.5 Å². The molecule has 0 aliphatic heterocycles. The van der Waals surface area contributed by atoms with Gasteiger partial charge in [-0.05, 0) is 43.3 Å². The van der Waals surface area contributed by atoms with Crippen LogP contribution in [0.2, 0.25) is 0 Å². The van der Waals surface area contributed by atoms with E-state index in [1.54, 1.807) is 6.07 Å². The predicted octanol–water partition coefficient (Wildman–Crippen LogP) is 3.23. The molecule has 3 aromatic rings. The molecule has 8 nitrogen and oxygen atoms in total. The zero-order chi connectivity index (χ0) is 19.2. The first-order valence-electron chi connectivity index (χ1n) is 8.03. The largest absolute Gasteiger partial charge is 0.336 e. The molecular weight excluding hydrogens is 371 g/mol. The van der Waals surface area contributed by atoms with E-state index in [4.69, 9.17) is 4.52 Å². The monoisotopic (exact) mass is 388 g/mol. The minimum atomic E-state index is -0.404. The third kappa shape index (κ3) is 5.74. The number of benzene rings is 1. The summed E-state index contributed by atoms with van der Waals surface area (Å²) in [5, 5.41) is 9.32. The number of carbonyl (C=O) groups is 1. The van der Waals surface area contributed by atoms with Crippen molar-refractivity contribution in [2.24, 2.45) is 0 Å². The van der Waals surface area contributed by atoms with Crippen LogP contribution >= 0.6 is 11.8 Å². The maximum absolute atomic E-state index is 13.1. The lowest BCUT2D eigenvalue weighted by Gasteiger charge is -2.04. The van der Waals surface area contributed by atoms with Gasteiger partial charge in [0.2, 0.25) is 17.7 Å². The van der Waals surface area contributed by atoms with Gasteiger partial charge in [0.15, 0.2) is 0 Å². The first-order chi connectivity index (χ1) is 13.0. The van der Waals surface area contributed by atoms with Crippen LogP contribution in [-0.4, -0.2) is 31.8 Å². The van der Waals surface area contributed by atoms with Crippen LogP contribution in [0.5, 0.6) is 0 Å². The lowest BCUT2D eigenvalue weighted by molar-refractivity contribution is -0.113. The summed E-state index contributed by atoms with van der Waals surface area (Å²) < 4.78 is 18.2. The zero-order valence-corrected chi connectivity index (χ0v) is 15.5. The number of halogens is 1. The number of aromatic nitrogens is 4. The molecular formula is C17H17FN6O2S. The molecule has 3 rings (SSSR count). The molecule has 0 spiro atoms. The molecule has 27 heavy (non-hydrogen) atoms. The van der Waals surface area contributed by atoms with E-state index >= 15 is 0 Å². The van der Waals surface area contributed by atoms with Crippen LogP contribution in [0.15, 0.2) is 34.9 Å². The summed E-state index contributed by atoms with van der Waals surface area (Å²) in [6, 6.07) is 7.59. The number of nitrogens with zero attached hydrogens (tertiary/aromatic N) is 4. The third-order valence-corrected chi connectivity index (χ3v) is 4.16. The van der Waals surface area contributed by atoms with Crippen molar-refractivity contribution in [3.8, 4) is 0 Å². The number of aryl methyl sites for hydroxylation is 2. The fourth-order valence-corrected chi connectivity index (χ4v) is 2.89. The van der Waals surface area contributed by atoms with Crippen molar-refractivity contribution in [1.29, 1.82) is 0 Å². The van der Waals surface area contributed by atoms with E-state index in [-0.39, 0.29) is 17.6 Å². The lowest BCUT2D eigenvalue weighted by Crippen LogP contribution is -2.14. The maximum Gasteiger partial charge on any atom is 0.270 e. The Balaban J connectivity index is 1.47. The summed E-state index contributed by atoms with van der Waals surface area (Å²) >= 11 is 1.30. The van der Waals surface area contributed by atoms with Crippen LogP contribution in [-0.2, 0) is 10.5 Å². The van der Waals surface area contributed by atoms with Crippen molar-refractivity contribution < 1.29 is 13.7 Å². The first-order valence-corrected chi connectivity index (χ1v) is 9.18. The van der Waals surface area contributed by atoms with Crippen LogP contribution in [0.4, 0.5) is 22.0 Å². The molecule has 0 saturated carbocycles. The topological polar surface area (TPSA) is 106 Å². The highest BCUT2D eigenvalue weighted by Crippen LogP contribution is 2.15. The number of carbonyl (C=O) groups excluding carboxylic acids is 1. The quantitative estimate of drug-likeness (QED) is 0.635. The summed E-state index contributed by atoms with van der Waals surface area (Å²) in [5.41, 5.74) is 2.07. The van der Waals surface area contributed by atoms with E-state index in [2.05, 4.69) is 30.7 Å². The highest BCUT2D eigenvalue weighted by Gasteiger charge is 2.10. The molecule has 1 aromatic carbocycles. The first kappa shape index (κ1) is 18.8. The smallest absolute Gasteiger partial charge is 0.270 e. The Morgan fingerprint density at radius 1 is 1.15 bits per heavy atom. The van der Waals surface area contributed by atoms with Crippen LogP contribution in [0.1, 0.15) is 17.3 Å². The van der Waals surface area contributed by atoms with Crippen molar-refractivity contribution in [3.63, 3.8) is 0 Å². The molecule has 0 atom stereocenters. The van der Waals surface area contributed by atoms with Crippen LogP contribution < -0.4 is 10.6 Å². The van der Waals surface area contributed by atoms with E-state index in [0.29, 0.717) is 23.3 Å². The second-order valence-corrected chi connectivity index (χ2v) is 6.65. The molecule has 2 N–H and O–H groups in total. The Kier molecular flexibility index (Phi) is 5.97. The SMILES string of the molecule is Cc1cc(C)nc(Nc2noc(CSCC(=O)Nc3cccc(F)c3)n2)n1. The summed E-state index contributed by atoms with van der Waals surface area (Å²) in [5.74, 6) is 0.888. The molecule has 2 aromatic heterocycles. The van der Waals surface area contributed by atoms with Gasteiger partial charge >= 0.3 is 0 Å². The van der Waals surface area contributed by atoms with Gasteiger partial charge in [-0.15, -0.1) is 11.8 Å². The van der Waals surface area contributed by atoms with E-state index in [1.807, 2.05) is 19.9 Å². The normalized spacial score (nSPS) is 10.6. The van der Waals surface area contributed by atoms with Crippen molar-refractivity contribution in [2.45, 2.75) is 19.6 Å². The van der Waals surface area contributed by atoms with E-state index in [1.165, 1.54) is 30.0 Å². The summed E-state index contributed by atoms with van der Waals surface area (Å²) in [6.45, 7) is 3.74. The fraction of sp³-hybridized carbons (Fsp3) is 0.235. The van der Waals surface area contributed by atoms with Gasteiger partial charge in [-0.1, -0.05) is 6.07 Å². The molecule has 0 bridgehead atoms. The third-order valence-electron chi connectivity index (χ3n) is 3.24. The molecule has 140 valence electrons. The van der Waals surface area contributed by atoms with Crippen molar-refractivity contribution in [3.05, 3.63) is 53.4 Å². The molecule has 0 aliphatic rings. The maximum atomic E-state index is 13.1. The van der Waals surface area contributed by atoms with E-state index in [9.17, 15) is 9.18 Å². The average Bonchev–Trinajstić information content (AvgIpc) is 3.01. The fourth-order valence-electron chi connectivity index (χ4n) is 2.24. The van der Waals surface area contributed by atoms with Gasteiger partial charge < -0.3 is 9.84 Å². The second kappa shape index (κ2) is 8.58. The summed E-state index contributed by atoms with van der Waals surface area (Å²) in [6.07, 6.45) is 0. The number of thioether (sulfide) groups is 1. The van der Waals surface area contributed by atoms with Gasteiger partial charge in [0, 0.05) is 17.1 Å². The minimum Gasteiger partial charge on any atom is -0.336 e. The second-order valence-electron chi connectivity index (χ2n) is 5.66. The molecule has 2 heterocycles. The van der Waals surface area contributed by atoms with Gasteiger partial charge in [-0.2, -0.15) is 4.98 Å². The van der Waals surface area contributed by atoms with Gasteiger partial charge in [-0.3, -0.25) is 10.1 Å².